The standard InChI is InChI=1S/C11H8Br2N2O3S2/c12-7-5-6(20(14,17)18)1-2-8(7)15-11(16)9-3-4-10(13)19-9/h1-5H,(H,15,16)(H2,14,17,18). The van der Waals surface area contributed by atoms with Gasteiger partial charge in [0.2, 0.25) is 10.0 Å². The Morgan fingerprint density at radius 1 is 1.20 bits per heavy atom. The number of halogens is 2. The van der Waals surface area contributed by atoms with Gasteiger partial charge in [-0.1, -0.05) is 0 Å². The molecule has 106 valence electrons. The molecule has 1 heterocycles. The lowest BCUT2D eigenvalue weighted by Gasteiger charge is -2.07. The third kappa shape index (κ3) is 3.67. The second kappa shape index (κ2) is 5.94. The molecule has 0 aliphatic heterocycles. The van der Waals surface area contributed by atoms with Gasteiger partial charge in [0.15, 0.2) is 0 Å². The van der Waals surface area contributed by atoms with Gasteiger partial charge in [-0.25, -0.2) is 13.6 Å². The zero-order valence-electron chi connectivity index (χ0n) is 9.76. The molecule has 0 aliphatic carbocycles. The summed E-state index contributed by atoms with van der Waals surface area (Å²) >= 11 is 7.79. The van der Waals surface area contributed by atoms with Crippen LogP contribution >= 0.6 is 43.2 Å². The summed E-state index contributed by atoms with van der Waals surface area (Å²) < 4.78 is 23.7. The van der Waals surface area contributed by atoms with Crippen LogP contribution in [0.25, 0.3) is 0 Å². The van der Waals surface area contributed by atoms with Gasteiger partial charge in [0, 0.05) is 4.47 Å². The SMILES string of the molecule is NS(=O)(=O)c1ccc(NC(=O)c2ccc(Br)s2)c(Br)c1. The molecule has 1 aromatic heterocycles. The van der Waals surface area contributed by atoms with E-state index in [4.69, 9.17) is 5.14 Å². The number of nitrogens with one attached hydrogen (secondary N) is 1. The van der Waals surface area contributed by atoms with Gasteiger partial charge in [-0.15, -0.1) is 11.3 Å². The largest absolute Gasteiger partial charge is 0.320 e. The van der Waals surface area contributed by atoms with Gasteiger partial charge in [-0.05, 0) is 62.2 Å². The summed E-state index contributed by atoms with van der Waals surface area (Å²) in [5, 5.41) is 7.72. The summed E-state index contributed by atoms with van der Waals surface area (Å²) in [6.07, 6.45) is 0. The van der Waals surface area contributed by atoms with E-state index in [0.717, 1.165) is 3.79 Å². The second-order valence-corrected chi connectivity index (χ2v) is 8.62. The maximum absolute atomic E-state index is 12.0. The van der Waals surface area contributed by atoms with Gasteiger partial charge in [-0.2, -0.15) is 0 Å². The third-order valence-electron chi connectivity index (χ3n) is 2.31. The first kappa shape index (κ1) is 15.6. The van der Waals surface area contributed by atoms with Crippen molar-refractivity contribution in [2.75, 3.05) is 5.32 Å². The Hall–Kier alpha value is -0.740. The van der Waals surface area contributed by atoms with Gasteiger partial charge in [-0.3, -0.25) is 4.79 Å². The fraction of sp³-hybridized carbons (Fsp3) is 0. The van der Waals surface area contributed by atoms with E-state index in [1.54, 1.807) is 12.1 Å². The number of rotatable bonds is 3. The summed E-state index contributed by atoms with van der Waals surface area (Å²) in [7, 11) is -3.77. The summed E-state index contributed by atoms with van der Waals surface area (Å²) in [4.78, 5) is 12.5. The molecule has 2 rings (SSSR count). The highest BCUT2D eigenvalue weighted by molar-refractivity contribution is 9.11. The van der Waals surface area contributed by atoms with Gasteiger partial charge < -0.3 is 5.32 Å². The maximum atomic E-state index is 12.0. The molecule has 1 amide bonds. The summed E-state index contributed by atoms with van der Waals surface area (Å²) in [6.45, 7) is 0. The Bertz CT molecular complexity index is 772. The lowest BCUT2D eigenvalue weighted by Crippen LogP contribution is -2.13. The lowest BCUT2D eigenvalue weighted by atomic mass is 10.3. The van der Waals surface area contributed by atoms with Crippen molar-refractivity contribution in [3.63, 3.8) is 0 Å². The van der Waals surface area contributed by atoms with Crippen LogP contribution < -0.4 is 10.5 Å². The highest BCUT2D eigenvalue weighted by Gasteiger charge is 2.13. The fourth-order valence-electron chi connectivity index (χ4n) is 1.39. The maximum Gasteiger partial charge on any atom is 0.265 e. The number of nitrogens with two attached hydrogens (primary N) is 1. The van der Waals surface area contributed by atoms with Crippen LogP contribution in [0.3, 0.4) is 0 Å². The van der Waals surface area contributed by atoms with Crippen LogP contribution in [0.15, 0.2) is 43.5 Å². The molecule has 0 unspecified atom stereocenters. The molecule has 0 spiro atoms. The molecule has 0 radical (unpaired) electrons. The minimum Gasteiger partial charge on any atom is -0.320 e. The zero-order valence-corrected chi connectivity index (χ0v) is 14.6. The number of sulfonamides is 1. The van der Waals surface area contributed by atoms with E-state index in [2.05, 4.69) is 37.2 Å². The number of primary sulfonamides is 1. The Morgan fingerprint density at radius 3 is 2.40 bits per heavy atom. The first-order valence-corrected chi connectivity index (χ1v) is 9.11. The minimum absolute atomic E-state index is 0.0266. The molecule has 5 nitrogen and oxygen atoms in total. The predicted octanol–water partition coefficient (Wildman–Crippen LogP) is 3.17. The molecule has 0 atom stereocenters. The first-order chi connectivity index (χ1) is 9.27. The smallest absolute Gasteiger partial charge is 0.265 e. The molecule has 1 aromatic carbocycles. The Morgan fingerprint density at radius 2 is 1.90 bits per heavy atom. The average molecular weight is 440 g/mol. The predicted molar refractivity (Wildman–Crippen MR) is 85.5 cm³/mol. The monoisotopic (exact) mass is 438 g/mol. The number of amides is 1. The number of hydrogen-bond donors (Lipinski definition) is 2. The van der Waals surface area contributed by atoms with Gasteiger partial charge >= 0.3 is 0 Å². The lowest BCUT2D eigenvalue weighted by molar-refractivity contribution is 0.103. The number of carbonyl (C=O) groups is 1. The molecular weight excluding hydrogens is 432 g/mol. The number of anilines is 1. The van der Waals surface area contributed by atoms with Crippen LogP contribution in [-0.4, -0.2) is 14.3 Å². The molecular formula is C11H8Br2N2O3S2. The fourth-order valence-corrected chi connectivity index (χ4v) is 3.85. The highest BCUT2D eigenvalue weighted by atomic mass is 79.9. The van der Waals surface area contributed by atoms with Crippen molar-refractivity contribution in [2.24, 2.45) is 5.14 Å². The highest BCUT2D eigenvalue weighted by Crippen LogP contribution is 2.27. The Balaban J connectivity index is 2.25. The molecule has 0 saturated carbocycles. The van der Waals surface area contributed by atoms with Crippen molar-refractivity contribution < 1.29 is 13.2 Å². The van der Waals surface area contributed by atoms with E-state index in [1.165, 1.54) is 29.5 Å². The van der Waals surface area contributed by atoms with E-state index in [0.29, 0.717) is 15.0 Å². The molecule has 0 aliphatic rings. The van der Waals surface area contributed by atoms with Gasteiger partial charge in [0.05, 0.1) is 19.2 Å². The van der Waals surface area contributed by atoms with Crippen LogP contribution in [0, 0.1) is 0 Å². The van der Waals surface area contributed by atoms with Gasteiger partial charge in [0.25, 0.3) is 5.91 Å². The van der Waals surface area contributed by atoms with E-state index in [1.807, 2.05) is 0 Å². The summed E-state index contributed by atoms with van der Waals surface area (Å²) in [6, 6.07) is 7.62. The number of benzene rings is 1. The summed E-state index contributed by atoms with van der Waals surface area (Å²) in [5.41, 5.74) is 0.465. The molecule has 0 saturated heterocycles. The van der Waals surface area contributed by atoms with Crippen LogP contribution in [-0.2, 0) is 10.0 Å². The second-order valence-electron chi connectivity index (χ2n) is 3.74. The molecule has 0 fully saturated rings. The van der Waals surface area contributed by atoms with Crippen LogP contribution in [0.4, 0.5) is 5.69 Å². The minimum atomic E-state index is -3.77. The molecule has 9 heteroatoms. The van der Waals surface area contributed by atoms with Crippen molar-refractivity contribution in [3.05, 3.63) is 43.5 Å². The Kier molecular flexibility index (Phi) is 4.65. The number of carbonyl (C=O) groups excluding carboxylic acids is 1. The van der Waals surface area contributed by atoms with Crippen molar-refractivity contribution >= 4 is 64.8 Å². The van der Waals surface area contributed by atoms with E-state index in [9.17, 15) is 13.2 Å². The van der Waals surface area contributed by atoms with Crippen molar-refractivity contribution in [1.82, 2.24) is 0 Å². The molecule has 3 N–H and O–H groups in total. The third-order valence-corrected chi connectivity index (χ3v) is 5.50. The molecule has 2 aromatic rings. The normalized spacial score (nSPS) is 11.3. The van der Waals surface area contributed by atoms with E-state index in [-0.39, 0.29) is 10.8 Å². The topological polar surface area (TPSA) is 89.3 Å². The first-order valence-electron chi connectivity index (χ1n) is 5.16. The quantitative estimate of drug-likeness (QED) is 0.769. The number of thiophene rings is 1. The number of hydrogen-bond acceptors (Lipinski definition) is 4. The van der Waals surface area contributed by atoms with E-state index < -0.39 is 10.0 Å². The van der Waals surface area contributed by atoms with E-state index >= 15 is 0 Å². The van der Waals surface area contributed by atoms with Crippen LogP contribution in [0.1, 0.15) is 9.67 Å². The zero-order chi connectivity index (χ0) is 14.9. The Labute approximate surface area is 136 Å². The van der Waals surface area contributed by atoms with Crippen molar-refractivity contribution in [3.8, 4) is 0 Å². The van der Waals surface area contributed by atoms with Crippen molar-refractivity contribution in [2.45, 2.75) is 4.90 Å². The average Bonchev–Trinajstić information content (AvgIpc) is 2.77. The summed E-state index contributed by atoms with van der Waals surface area (Å²) in [5.74, 6) is -0.273. The molecule has 20 heavy (non-hydrogen) atoms. The van der Waals surface area contributed by atoms with Crippen LogP contribution in [0.2, 0.25) is 0 Å². The van der Waals surface area contributed by atoms with Crippen molar-refractivity contribution in [1.29, 1.82) is 0 Å². The van der Waals surface area contributed by atoms with Gasteiger partial charge in [0.1, 0.15) is 0 Å². The molecule has 0 bridgehead atoms. The van der Waals surface area contributed by atoms with Crippen LogP contribution in [0.5, 0.6) is 0 Å².